The van der Waals surface area contributed by atoms with Gasteiger partial charge in [-0.2, -0.15) is 0 Å². The molecule has 1 fully saturated rings. The molecular formula is C17H27N3O. The van der Waals surface area contributed by atoms with Crippen molar-refractivity contribution < 1.29 is 4.79 Å². The summed E-state index contributed by atoms with van der Waals surface area (Å²) < 4.78 is 0. The van der Waals surface area contributed by atoms with Crippen molar-refractivity contribution >= 4 is 17.3 Å². The van der Waals surface area contributed by atoms with E-state index in [0.717, 1.165) is 24.3 Å². The third-order valence-electron chi connectivity index (χ3n) is 4.23. The van der Waals surface area contributed by atoms with Gasteiger partial charge >= 0.3 is 0 Å². The van der Waals surface area contributed by atoms with Gasteiger partial charge in [-0.3, -0.25) is 9.69 Å². The Balaban J connectivity index is 2.09. The van der Waals surface area contributed by atoms with Crippen LogP contribution in [-0.4, -0.2) is 29.9 Å². The summed E-state index contributed by atoms with van der Waals surface area (Å²) in [5.74, 6) is 0.376. The normalized spacial score (nSPS) is 17.7. The largest absolute Gasteiger partial charge is 0.398 e. The molecule has 0 bridgehead atoms. The number of aryl methyl sites for hydroxylation is 1. The van der Waals surface area contributed by atoms with Gasteiger partial charge < -0.3 is 11.1 Å². The van der Waals surface area contributed by atoms with Crippen LogP contribution in [0.15, 0.2) is 18.2 Å². The Morgan fingerprint density at radius 2 is 1.90 bits per heavy atom. The maximum absolute atomic E-state index is 12.7. The molecule has 1 unspecified atom stereocenters. The molecule has 2 rings (SSSR count). The second kappa shape index (κ2) is 6.94. The SMILES string of the molecule is Cc1ccc(NC(=O)C(C(C)C)N2CCCCC2)cc1N. The number of piperidine rings is 1. The van der Waals surface area contributed by atoms with E-state index in [-0.39, 0.29) is 11.9 Å². The van der Waals surface area contributed by atoms with Gasteiger partial charge in [0.05, 0.1) is 6.04 Å². The average Bonchev–Trinajstić information content (AvgIpc) is 2.44. The van der Waals surface area contributed by atoms with E-state index in [1.54, 1.807) is 0 Å². The highest BCUT2D eigenvalue weighted by Crippen LogP contribution is 2.21. The molecule has 1 aromatic carbocycles. The van der Waals surface area contributed by atoms with E-state index in [4.69, 9.17) is 5.73 Å². The molecule has 0 spiro atoms. The number of anilines is 2. The zero-order chi connectivity index (χ0) is 15.4. The molecule has 1 aromatic rings. The lowest BCUT2D eigenvalue weighted by atomic mass is 9.98. The van der Waals surface area contributed by atoms with Crippen LogP contribution in [-0.2, 0) is 4.79 Å². The molecule has 1 saturated heterocycles. The van der Waals surface area contributed by atoms with Crippen LogP contribution in [0.5, 0.6) is 0 Å². The first-order chi connectivity index (χ1) is 9.99. The number of nitrogens with one attached hydrogen (secondary N) is 1. The third-order valence-corrected chi connectivity index (χ3v) is 4.23. The fraction of sp³-hybridized carbons (Fsp3) is 0.588. The molecule has 3 N–H and O–H groups in total. The molecule has 1 atom stereocenters. The number of carbonyl (C=O) groups is 1. The minimum Gasteiger partial charge on any atom is -0.398 e. The summed E-state index contributed by atoms with van der Waals surface area (Å²) in [4.78, 5) is 15.0. The summed E-state index contributed by atoms with van der Waals surface area (Å²) in [6.45, 7) is 8.23. The number of carbonyl (C=O) groups excluding carboxylic acids is 1. The lowest BCUT2D eigenvalue weighted by Crippen LogP contribution is -2.49. The third kappa shape index (κ3) is 3.97. The number of amides is 1. The van der Waals surface area contributed by atoms with Gasteiger partial charge in [0.15, 0.2) is 0 Å². The Kier molecular flexibility index (Phi) is 5.23. The van der Waals surface area contributed by atoms with Crippen molar-refractivity contribution in [1.82, 2.24) is 4.90 Å². The van der Waals surface area contributed by atoms with Crippen LogP contribution in [0.1, 0.15) is 38.7 Å². The van der Waals surface area contributed by atoms with E-state index in [1.807, 2.05) is 25.1 Å². The molecule has 116 valence electrons. The van der Waals surface area contributed by atoms with Crippen molar-refractivity contribution in [2.45, 2.75) is 46.1 Å². The number of nitrogens with zero attached hydrogens (tertiary/aromatic N) is 1. The highest BCUT2D eigenvalue weighted by molar-refractivity contribution is 5.95. The zero-order valence-electron chi connectivity index (χ0n) is 13.4. The molecule has 21 heavy (non-hydrogen) atoms. The fourth-order valence-corrected chi connectivity index (χ4v) is 3.02. The van der Waals surface area contributed by atoms with E-state index in [9.17, 15) is 4.79 Å². The summed E-state index contributed by atoms with van der Waals surface area (Å²) in [5.41, 5.74) is 8.44. The van der Waals surface area contributed by atoms with E-state index < -0.39 is 0 Å². The second-order valence-electron chi connectivity index (χ2n) is 6.35. The van der Waals surface area contributed by atoms with Crippen molar-refractivity contribution in [1.29, 1.82) is 0 Å². The summed E-state index contributed by atoms with van der Waals surface area (Å²) in [5, 5.41) is 3.03. The standard InChI is InChI=1S/C17H27N3O/c1-12(2)16(20-9-5-4-6-10-20)17(21)19-14-8-7-13(3)15(18)11-14/h7-8,11-12,16H,4-6,9-10,18H2,1-3H3,(H,19,21). The van der Waals surface area contributed by atoms with E-state index in [0.29, 0.717) is 11.6 Å². The Hall–Kier alpha value is -1.55. The average molecular weight is 289 g/mol. The Morgan fingerprint density at radius 3 is 2.48 bits per heavy atom. The van der Waals surface area contributed by atoms with Gasteiger partial charge in [0.2, 0.25) is 5.91 Å². The van der Waals surface area contributed by atoms with Gasteiger partial charge in [-0.15, -0.1) is 0 Å². The Morgan fingerprint density at radius 1 is 1.24 bits per heavy atom. The Labute approximate surface area is 127 Å². The minimum absolute atomic E-state index is 0.0622. The first-order valence-corrected chi connectivity index (χ1v) is 7.90. The number of nitrogen functional groups attached to an aromatic ring is 1. The van der Waals surface area contributed by atoms with Gasteiger partial charge in [-0.1, -0.05) is 26.3 Å². The van der Waals surface area contributed by atoms with Gasteiger partial charge in [0.1, 0.15) is 0 Å². The van der Waals surface area contributed by atoms with Crippen LogP contribution in [0.2, 0.25) is 0 Å². The van der Waals surface area contributed by atoms with E-state index in [2.05, 4.69) is 24.1 Å². The van der Waals surface area contributed by atoms with Gasteiger partial charge in [-0.05, 0) is 56.5 Å². The van der Waals surface area contributed by atoms with Crippen LogP contribution in [0.4, 0.5) is 11.4 Å². The highest BCUT2D eigenvalue weighted by Gasteiger charge is 2.29. The summed E-state index contributed by atoms with van der Waals surface area (Å²) in [6.07, 6.45) is 3.65. The number of hydrogen-bond acceptors (Lipinski definition) is 3. The van der Waals surface area contributed by atoms with Crippen molar-refractivity contribution in [3.63, 3.8) is 0 Å². The van der Waals surface area contributed by atoms with Crippen LogP contribution >= 0.6 is 0 Å². The molecule has 0 radical (unpaired) electrons. The molecule has 4 heteroatoms. The molecule has 1 aliphatic heterocycles. The number of nitrogens with two attached hydrogens (primary N) is 1. The van der Waals surface area contributed by atoms with Crippen LogP contribution in [0.25, 0.3) is 0 Å². The smallest absolute Gasteiger partial charge is 0.241 e. The number of hydrogen-bond donors (Lipinski definition) is 2. The maximum atomic E-state index is 12.7. The van der Waals surface area contributed by atoms with Gasteiger partial charge in [0, 0.05) is 11.4 Å². The van der Waals surface area contributed by atoms with E-state index >= 15 is 0 Å². The van der Waals surface area contributed by atoms with Crippen molar-refractivity contribution in [2.75, 3.05) is 24.1 Å². The zero-order valence-corrected chi connectivity index (χ0v) is 13.4. The quantitative estimate of drug-likeness (QED) is 0.838. The highest BCUT2D eigenvalue weighted by atomic mass is 16.2. The lowest BCUT2D eigenvalue weighted by Gasteiger charge is -2.35. The van der Waals surface area contributed by atoms with Gasteiger partial charge in [-0.25, -0.2) is 0 Å². The molecule has 1 heterocycles. The molecule has 1 amide bonds. The topological polar surface area (TPSA) is 58.4 Å². The van der Waals surface area contributed by atoms with Crippen LogP contribution in [0.3, 0.4) is 0 Å². The molecule has 4 nitrogen and oxygen atoms in total. The monoisotopic (exact) mass is 289 g/mol. The number of rotatable bonds is 4. The number of likely N-dealkylation sites (tertiary alicyclic amines) is 1. The van der Waals surface area contributed by atoms with Crippen molar-refractivity contribution in [2.24, 2.45) is 5.92 Å². The lowest BCUT2D eigenvalue weighted by molar-refractivity contribution is -0.123. The predicted molar refractivity (Wildman–Crippen MR) is 88.3 cm³/mol. The first-order valence-electron chi connectivity index (χ1n) is 7.90. The molecule has 0 aliphatic carbocycles. The Bertz CT molecular complexity index is 493. The van der Waals surface area contributed by atoms with Crippen molar-refractivity contribution in [3.8, 4) is 0 Å². The molecule has 1 aliphatic rings. The second-order valence-corrected chi connectivity index (χ2v) is 6.35. The first kappa shape index (κ1) is 15.8. The molecule has 0 saturated carbocycles. The van der Waals surface area contributed by atoms with E-state index in [1.165, 1.54) is 19.3 Å². The number of benzene rings is 1. The van der Waals surface area contributed by atoms with Crippen molar-refractivity contribution in [3.05, 3.63) is 23.8 Å². The van der Waals surface area contributed by atoms with Gasteiger partial charge in [0.25, 0.3) is 0 Å². The summed E-state index contributed by atoms with van der Waals surface area (Å²) in [6, 6.07) is 5.63. The minimum atomic E-state index is -0.0622. The fourth-order valence-electron chi connectivity index (χ4n) is 3.02. The van der Waals surface area contributed by atoms with Crippen LogP contribution in [0, 0.1) is 12.8 Å². The predicted octanol–water partition coefficient (Wildman–Crippen LogP) is 3.03. The summed E-state index contributed by atoms with van der Waals surface area (Å²) >= 11 is 0. The molecule has 0 aromatic heterocycles. The molecular weight excluding hydrogens is 262 g/mol. The summed E-state index contributed by atoms with van der Waals surface area (Å²) in [7, 11) is 0. The van der Waals surface area contributed by atoms with Crippen LogP contribution < -0.4 is 11.1 Å². The maximum Gasteiger partial charge on any atom is 0.241 e.